The molecule has 0 aliphatic rings. The molecule has 0 aromatic carbocycles. The smallest absolute Gasteiger partial charge is 0.462 e. The zero-order valence-electron chi connectivity index (χ0n) is 44.0. The highest BCUT2D eigenvalue weighted by atomic mass is 28.6. The average molecular weight is 1090 g/mol. The quantitative estimate of drug-likeness (QED) is 0.0304. The lowest BCUT2D eigenvalue weighted by Gasteiger charge is -2.50. The first kappa shape index (κ1) is 62.5. The van der Waals surface area contributed by atoms with Crippen LogP contribution in [0.2, 0.25) is 183 Å². The summed E-state index contributed by atoms with van der Waals surface area (Å²) in [5, 5.41) is 0. The van der Waals surface area contributed by atoms with Crippen LogP contribution in [0.5, 0.6) is 0 Å². The monoisotopic (exact) mass is 1090 g/mol. The molecule has 0 spiro atoms. The van der Waals surface area contributed by atoms with Crippen molar-refractivity contribution in [3.8, 4) is 0 Å². The Balaban J connectivity index is 9.43. The number of carbonyl (C=O) groups excluding carboxylic acids is 1. The molecular weight excluding hydrogens is 997 g/mol. The maximum absolute atomic E-state index is 12.8. The van der Waals surface area contributed by atoms with Gasteiger partial charge in [-0.15, -0.1) is 0 Å². The summed E-state index contributed by atoms with van der Waals surface area (Å²) in [5.41, 5.74) is 0.290. The van der Waals surface area contributed by atoms with Gasteiger partial charge in [-0.05, 0) is 190 Å². The maximum atomic E-state index is 12.8. The largest absolute Gasteiger partial charge is 0.640 e. The standard InChI is InChI=1S/C34H92O14Si13/c1-33(2)34(35)36-31-30-32-58(46-59(37-49(3,4)5,38-50(6,7)8)39-51(9,10)11,47-60(40-52(12,13)14,41-53(15,16)17)42-54(18,19)20)48-61(43-55(21,22)23,44-56(24,25)26)45-57(27,28)29/h1,30-32H2,2-29H3. The van der Waals surface area contributed by atoms with Gasteiger partial charge in [0, 0.05) is 11.6 Å². The fraction of sp³-hybridized carbons (Fsp3) is 0.912. The molecular formula is C34H92O14Si13. The minimum Gasteiger partial charge on any atom is -0.462 e. The number of ether oxygens (including phenoxy) is 1. The third-order valence-corrected chi connectivity index (χ3v) is 44.7. The van der Waals surface area contributed by atoms with E-state index in [-0.39, 0.29) is 19.1 Å². The molecule has 0 saturated heterocycles. The maximum Gasteiger partial charge on any atom is 0.640 e. The Bertz CT molecular complexity index is 1150. The lowest BCUT2D eigenvalue weighted by atomic mass is 10.4. The van der Waals surface area contributed by atoms with E-state index in [0.29, 0.717) is 5.57 Å². The molecule has 0 atom stereocenters. The van der Waals surface area contributed by atoms with Gasteiger partial charge >= 0.3 is 41.9 Å². The molecule has 0 aromatic rings. The molecule has 0 amide bonds. The molecule has 0 rings (SSSR count). The highest BCUT2D eigenvalue weighted by molar-refractivity contribution is 6.96. The van der Waals surface area contributed by atoms with E-state index in [4.69, 9.17) is 54.1 Å². The molecule has 0 aliphatic heterocycles. The first-order valence-corrected chi connectivity index (χ1v) is 59.1. The highest BCUT2D eigenvalue weighted by Gasteiger charge is 2.71. The van der Waals surface area contributed by atoms with Gasteiger partial charge in [0.15, 0.2) is 74.9 Å². The molecule has 61 heavy (non-hydrogen) atoms. The van der Waals surface area contributed by atoms with Gasteiger partial charge in [-0.2, -0.15) is 0 Å². The fourth-order valence-electron chi connectivity index (χ4n) is 5.11. The Labute approximate surface area is 388 Å². The molecule has 0 aromatic heterocycles. The van der Waals surface area contributed by atoms with Crippen LogP contribution in [0.4, 0.5) is 0 Å². The van der Waals surface area contributed by atoms with Crippen LogP contribution in [0.1, 0.15) is 13.3 Å². The second-order valence-corrected chi connectivity index (χ2v) is 77.1. The second kappa shape index (κ2) is 21.9. The fourth-order valence-corrected chi connectivity index (χ4v) is 49.9. The first-order chi connectivity index (χ1) is 26.3. The summed E-state index contributed by atoms with van der Waals surface area (Å²) < 4.78 is 94.3. The van der Waals surface area contributed by atoms with Crippen LogP contribution >= 0.6 is 0 Å². The van der Waals surface area contributed by atoms with E-state index < -0.39 is 117 Å². The van der Waals surface area contributed by atoms with Crippen LogP contribution < -0.4 is 0 Å². The zero-order valence-corrected chi connectivity index (χ0v) is 57.0. The molecule has 0 radical (unpaired) electrons. The molecule has 0 fully saturated rings. The second-order valence-electron chi connectivity index (χ2n) is 24.4. The van der Waals surface area contributed by atoms with E-state index in [1.165, 1.54) is 0 Å². The highest BCUT2D eigenvalue weighted by Crippen LogP contribution is 2.40. The molecule has 0 bridgehead atoms. The molecule has 0 N–H and O–H groups in total. The van der Waals surface area contributed by atoms with Crippen molar-refractivity contribution in [2.24, 2.45) is 0 Å². The third-order valence-electron chi connectivity index (χ3n) is 5.93. The SMILES string of the molecule is C=C(C)C(=O)OCCC[Si](O[Si](O[Si](C)(C)C)(O[Si](C)(C)C)O[Si](C)(C)C)(O[Si](O[Si](C)(C)C)(O[Si](C)(C)C)O[Si](C)(C)C)O[Si](O[Si](C)(C)C)(O[Si](C)(C)C)O[Si](C)(C)C. The van der Waals surface area contributed by atoms with E-state index in [1.54, 1.807) is 6.92 Å². The predicted molar refractivity (Wildman–Crippen MR) is 281 cm³/mol. The first-order valence-electron chi connectivity index (χ1n) is 21.6. The van der Waals surface area contributed by atoms with E-state index >= 15 is 0 Å². The normalized spacial score (nSPS) is 15.3. The molecule has 0 saturated carbocycles. The van der Waals surface area contributed by atoms with Crippen molar-refractivity contribution in [3.05, 3.63) is 12.2 Å². The summed E-state index contributed by atoms with van der Waals surface area (Å²) in [6.45, 7) is 61.9. The summed E-state index contributed by atoms with van der Waals surface area (Å²) in [6, 6.07) is 0.0618. The predicted octanol–water partition coefficient (Wildman–Crippen LogP) is 11.5. The van der Waals surface area contributed by atoms with Crippen molar-refractivity contribution < 1.29 is 58.9 Å². The van der Waals surface area contributed by atoms with Gasteiger partial charge in [-0.1, -0.05) is 6.58 Å². The Hall–Kier alpha value is 1.55. The van der Waals surface area contributed by atoms with E-state index in [0.717, 1.165) is 0 Å². The van der Waals surface area contributed by atoms with Crippen molar-refractivity contribution >= 4 is 117 Å². The minimum absolute atomic E-state index is 0.00406. The van der Waals surface area contributed by atoms with Crippen LogP contribution in [0.3, 0.4) is 0 Å². The van der Waals surface area contributed by atoms with Gasteiger partial charge in [0.1, 0.15) is 0 Å². The van der Waals surface area contributed by atoms with Crippen molar-refractivity contribution in [1.82, 2.24) is 0 Å². The van der Waals surface area contributed by atoms with Crippen LogP contribution in [0, 0.1) is 0 Å². The number of hydrogen-bond donors (Lipinski definition) is 0. The number of carbonyl (C=O) groups is 1. The van der Waals surface area contributed by atoms with Crippen LogP contribution in [-0.4, -0.2) is 123 Å². The average Bonchev–Trinajstić information content (AvgIpc) is 2.80. The van der Waals surface area contributed by atoms with E-state index in [2.05, 4.69) is 183 Å². The van der Waals surface area contributed by atoms with Gasteiger partial charge < -0.3 is 54.1 Å². The molecule has 0 heterocycles. The lowest BCUT2D eigenvalue weighted by molar-refractivity contribution is -0.139. The molecule has 0 unspecified atom stereocenters. The van der Waals surface area contributed by atoms with Crippen LogP contribution in [0.25, 0.3) is 0 Å². The minimum atomic E-state index is -4.65. The van der Waals surface area contributed by atoms with Gasteiger partial charge in [0.25, 0.3) is 0 Å². The van der Waals surface area contributed by atoms with Gasteiger partial charge in [-0.25, -0.2) is 4.79 Å². The number of rotatable bonds is 29. The van der Waals surface area contributed by atoms with Crippen molar-refractivity contribution in [3.63, 3.8) is 0 Å². The number of hydrogen-bond acceptors (Lipinski definition) is 14. The lowest BCUT2D eigenvalue weighted by Crippen LogP contribution is -2.76. The molecule has 27 heteroatoms. The van der Waals surface area contributed by atoms with Crippen molar-refractivity contribution in [2.45, 2.75) is 196 Å². The number of esters is 1. The summed E-state index contributed by atoms with van der Waals surface area (Å²) in [5.74, 6) is -0.505. The Morgan fingerprint density at radius 3 is 0.672 bits per heavy atom. The van der Waals surface area contributed by atoms with Crippen LogP contribution in [-0.2, 0) is 58.9 Å². The van der Waals surface area contributed by atoms with Gasteiger partial charge in [-0.3, -0.25) is 0 Å². The molecule has 14 nitrogen and oxygen atoms in total. The zero-order chi connectivity index (χ0) is 49.0. The van der Waals surface area contributed by atoms with Crippen molar-refractivity contribution in [2.75, 3.05) is 6.61 Å². The van der Waals surface area contributed by atoms with Crippen LogP contribution in [0.15, 0.2) is 12.2 Å². The summed E-state index contributed by atoms with van der Waals surface area (Å²) in [7, 11) is -40.7. The summed E-state index contributed by atoms with van der Waals surface area (Å²) in [4.78, 5) is 12.8. The third kappa shape index (κ3) is 29.8. The van der Waals surface area contributed by atoms with Gasteiger partial charge in [0.05, 0.1) is 6.61 Å². The topological polar surface area (TPSA) is 137 Å². The van der Waals surface area contributed by atoms with Crippen molar-refractivity contribution in [1.29, 1.82) is 0 Å². The van der Waals surface area contributed by atoms with E-state index in [1.807, 2.05) is 0 Å². The Morgan fingerprint density at radius 2 is 0.525 bits per heavy atom. The Kier molecular flexibility index (Phi) is 22.4. The summed E-state index contributed by atoms with van der Waals surface area (Å²) >= 11 is 0. The summed E-state index contributed by atoms with van der Waals surface area (Å²) in [6.07, 6.45) is 0.233. The molecule has 364 valence electrons. The molecule has 0 aliphatic carbocycles. The Morgan fingerprint density at radius 1 is 0.344 bits per heavy atom. The van der Waals surface area contributed by atoms with Gasteiger partial charge in [0.2, 0.25) is 0 Å². The van der Waals surface area contributed by atoms with E-state index in [9.17, 15) is 4.79 Å².